The fourth-order valence-corrected chi connectivity index (χ4v) is 3.55. The molecule has 0 unspecified atom stereocenters. The normalized spacial score (nSPS) is 18.3. The number of pyridine rings is 1. The molecule has 214 valence electrons. The molecule has 0 bridgehead atoms. The van der Waals surface area contributed by atoms with Crippen LogP contribution >= 0.6 is 7.82 Å². The molecule has 2 aromatic heterocycles. The predicted octanol–water partition coefficient (Wildman–Crippen LogP) is -4.16. The Kier molecular flexibility index (Phi) is 7.69. The van der Waals surface area contributed by atoms with Gasteiger partial charge in [0.05, 0.1) is 50.2 Å². The monoisotopic (exact) mass is 635 g/mol. The number of phosphoric acid groups is 1. The molecule has 2 N–H and O–H groups in total. The number of carbonyl (C=O) groups is 1. The summed E-state index contributed by atoms with van der Waals surface area (Å²) in [7, 11) is -15.7. The maximum absolute atomic E-state index is 14.9. The van der Waals surface area contributed by atoms with E-state index in [0.29, 0.717) is 11.1 Å². The first-order valence-electron chi connectivity index (χ1n) is 16.1. The Bertz CT molecular complexity index is 1860. The number of nitrogens with zero attached hydrogens (tertiary/aromatic N) is 4. The van der Waals surface area contributed by atoms with Crippen LogP contribution in [0.3, 0.4) is 0 Å². The number of ether oxygens (including phenoxy) is 4. The summed E-state index contributed by atoms with van der Waals surface area (Å²) >= 11 is 0. The van der Waals surface area contributed by atoms with Crippen molar-refractivity contribution < 1.29 is 121 Å². The topological polar surface area (TPSA) is 192 Å². The second-order valence-corrected chi connectivity index (χ2v) is 9.28. The van der Waals surface area contributed by atoms with E-state index in [4.69, 9.17) is 34.0 Å². The largest absolute Gasteiger partial charge is 1.00 e. The van der Waals surface area contributed by atoms with Gasteiger partial charge in [0.15, 0.2) is 40.3 Å². The van der Waals surface area contributed by atoms with Crippen LogP contribution < -0.4 is 103 Å². The van der Waals surface area contributed by atoms with Crippen LogP contribution in [0.2, 0.25) is 0 Å². The molecule has 0 fully saturated rings. The number of halogens is 1. The number of benzene rings is 1. The molecule has 0 saturated carbocycles. The van der Waals surface area contributed by atoms with Crippen LogP contribution in [0.25, 0.3) is 0 Å². The summed E-state index contributed by atoms with van der Waals surface area (Å²) in [5.74, 6) is -7.51. The first-order chi connectivity index (χ1) is 23.1. The molecule has 0 aliphatic carbocycles. The van der Waals surface area contributed by atoms with Crippen LogP contribution in [0, 0.1) is 5.82 Å². The van der Waals surface area contributed by atoms with Gasteiger partial charge in [0, 0.05) is 17.8 Å². The van der Waals surface area contributed by atoms with Crippen molar-refractivity contribution in [3.8, 4) is 23.0 Å². The third-order valence-electron chi connectivity index (χ3n) is 4.99. The maximum Gasteiger partial charge on any atom is 1.00 e. The number of aromatic nitrogens is 3. The Balaban J connectivity index is 0.00000486. The fourth-order valence-electron chi connectivity index (χ4n) is 3.29. The van der Waals surface area contributed by atoms with E-state index < -0.39 is 99.8 Å². The SMILES string of the molecule is [2H]c1c(Nc2ncc(F)c(Nc3ccc4c(n3)N(COP(=O)([O-])[O-])C(=O)C(C)(C)O4)n2)c([2H])c(OC([2H])([2H])[2H])c(OC([2H])([2H])[2H])c1OC([2H])([2H])[2H].[Na+].[Na+]. The molecule has 19 heteroatoms. The number of methoxy groups -OCH3 is 3. The number of rotatable bonds is 10. The number of amides is 1. The molecular formula is C23H24FN6Na2O9P. The van der Waals surface area contributed by atoms with E-state index in [0.717, 1.165) is 0 Å². The minimum absolute atomic E-state index is 0. The van der Waals surface area contributed by atoms with Crippen LogP contribution in [0.1, 0.15) is 28.9 Å². The van der Waals surface area contributed by atoms with Crippen LogP contribution in [-0.4, -0.2) is 54.3 Å². The summed E-state index contributed by atoms with van der Waals surface area (Å²) in [5, 5.41) is 4.78. The molecule has 1 aromatic carbocycles. The second kappa shape index (κ2) is 14.5. The fraction of sp³-hybridized carbons (Fsp3) is 0.304. The van der Waals surface area contributed by atoms with Gasteiger partial charge in [-0.1, -0.05) is 0 Å². The van der Waals surface area contributed by atoms with E-state index in [1.165, 1.54) is 26.0 Å². The molecule has 1 amide bonds. The molecule has 0 spiro atoms. The summed E-state index contributed by atoms with van der Waals surface area (Å²) in [6, 6.07) is 0.360. The van der Waals surface area contributed by atoms with E-state index in [1.54, 1.807) is 0 Å². The Morgan fingerprint density at radius 1 is 1.12 bits per heavy atom. The predicted molar refractivity (Wildman–Crippen MR) is 135 cm³/mol. The summed E-state index contributed by atoms with van der Waals surface area (Å²) in [4.78, 5) is 47.5. The van der Waals surface area contributed by atoms with E-state index >= 15 is 0 Å². The van der Waals surface area contributed by atoms with Crippen molar-refractivity contribution in [1.29, 1.82) is 0 Å². The molecule has 0 saturated heterocycles. The molecule has 0 atom stereocenters. The van der Waals surface area contributed by atoms with Crippen molar-refractivity contribution in [3.63, 3.8) is 0 Å². The van der Waals surface area contributed by atoms with Gasteiger partial charge in [-0.2, -0.15) is 4.98 Å². The van der Waals surface area contributed by atoms with Gasteiger partial charge in [-0.05, 0) is 26.0 Å². The number of hydrogen-bond acceptors (Lipinski definition) is 14. The smallest absolute Gasteiger partial charge is 0.790 e. The van der Waals surface area contributed by atoms with Crippen LogP contribution in [0.15, 0.2) is 30.4 Å². The Hall–Kier alpha value is -2.24. The first kappa shape index (κ1) is 22.3. The number of hydrogen-bond donors (Lipinski definition) is 2. The molecule has 1 aliphatic rings. The second-order valence-electron chi connectivity index (χ2n) is 8.13. The van der Waals surface area contributed by atoms with E-state index in [-0.39, 0.29) is 76.5 Å². The zero-order valence-corrected chi connectivity index (χ0v) is 27.1. The minimum atomic E-state index is -5.55. The zero-order valence-electron chi connectivity index (χ0n) is 33.2. The van der Waals surface area contributed by atoms with Gasteiger partial charge in [-0.25, -0.2) is 14.4 Å². The van der Waals surface area contributed by atoms with Gasteiger partial charge in [0.25, 0.3) is 5.91 Å². The summed E-state index contributed by atoms with van der Waals surface area (Å²) in [6.45, 7) is 1.63. The third kappa shape index (κ3) is 8.23. The molecule has 3 heterocycles. The number of phosphoric ester groups is 1. The van der Waals surface area contributed by atoms with Gasteiger partial charge in [0.1, 0.15) is 12.5 Å². The van der Waals surface area contributed by atoms with Crippen LogP contribution in [0.5, 0.6) is 23.0 Å². The Morgan fingerprint density at radius 2 is 1.79 bits per heavy atom. The van der Waals surface area contributed by atoms with Crippen molar-refractivity contribution in [3.05, 3.63) is 36.2 Å². The molecule has 15 nitrogen and oxygen atoms in total. The molecule has 1 aliphatic heterocycles. The molecule has 4 rings (SSSR count). The zero-order chi connectivity index (χ0) is 38.5. The maximum atomic E-state index is 14.9. The standard InChI is InChI=1S/C23H26FN6O9P.2Na/c1-23(2)21(31)30(11-38-40(32,33)34)20-14(39-23)6-7-17(28-20)27-19-13(24)10-25-22(29-19)26-12-8-15(35-3)18(37-5)16(9-12)36-4;;/h6-10H,11H2,1-5H3,(H2,32,33,34)(H2,25,26,27,28,29);;/q;2*+1/p-2/i3D3,4D3,5D3,8D,9D;;. The molecule has 3 aromatic rings. The molecular weight excluding hydrogens is 600 g/mol. The number of nitrogens with one attached hydrogen (secondary N) is 2. The quantitative estimate of drug-likeness (QED) is 0.161. The average Bonchev–Trinajstić information content (AvgIpc) is 2.95. The van der Waals surface area contributed by atoms with Crippen LogP contribution in [-0.2, 0) is 13.9 Å². The van der Waals surface area contributed by atoms with E-state index in [2.05, 4.69) is 30.1 Å². The van der Waals surface area contributed by atoms with E-state index in [1.807, 2.05) is 0 Å². The van der Waals surface area contributed by atoms with Crippen molar-refractivity contribution in [2.24, 2.45) is 0 Å². The Labute approximate surface area is 299 Å². The average molecular weight is 635 g/mol. The minimum Gasteiger partial charge on any atom is -0.790 e. The van der Waals surface area contributed by atoms with Crippen molar-refractivity contribution >= 4 is 42.8 Å². The van der Waals surface area contributed by atoms with Crippen molar-refractivity contribution in [1.82, 2.24) is 15.0 Å². The summed E-state index contributed by atoms with van der Waals surface area (Å²) in [5.41, 5.74) is -2.35. The molecule has 42 heavy (non-hydrogen) atoms. The number of anilines is 5. The van der Waals surface area contributed by atoms with Crippen molar-refractivity contribution in [2.75, 3.05) is 43.4 Å². The summed E-state index contributed by atoms with van der Waals surface area (Å²) < 4.78 is 134. The Morgan fingerprint density at radius 3 is 2.40 bits per heavy atom. The van der Waals surface area contributed by atoms with Gasteiger partial charge < -0.3 is 48.5 Å². The molecule has 0 radical (unpaired) electrons. The van der Waals surface area contributed by atoms with Gasteiger partial charge in [0.2, 0.25) is 11.7 Å². The first-order valence-corrected chi connectivity index (χ1v) is 12.1. The third-order valence-corrected chi connectivity index (χ3v) is 5.42. The van der Waals surface area contributed by atoms with Crippen LogP contribution in [0.4, 0.5) is 33.5 Å². The van der Waals surface area contributed by atoms with E-state index in [9.17, 15) is 23.5 Å². The number of fused-ring (bicyclic) bond motifs is 1. The van der Waals surface area contributed by atoms with Crippen molar-refractivity contribution in [2.45, 2.75) is 19.4 Å². The van der Waals surface area contributed by atoms with Gasteiger partial charge >= 0.3 is 59.1 Å². The number of carbonyl (C=O) groups excluding carboxylic acids is 1. The van der Waals surface area contributed by atoms with Gasteiger partial charge in [-0.15, -0.1) is 0 Å². The van der Waals surface area contributed by atoms with Gasteiger partial charge in [-0.3, -0.25) is 9.69 Å². The summed E-state index contributed by atoms with van der Waals surface area (Å²) in [6.07, 6.45) is 0.588.